The lowest BCUT2D eigenvalue weighted by atomic mass is 9.91. The Morgan fingerprint density at radius 3 is 2.65 bits per heavy atom. The highest BCUT2D eigenvalue weighted by Gasteiger charge is 2.16. The van der Waals surface area contributed by atoms with Gasteiger partial charge in [-0.2, -0.15) is 4.98 Å². The highest BCUT2D eigenvalue weighted by molar-refractivity contribution is 5.91. The molecule has 0 aliphatic heterocycles. The van der Waals surface area contributed by atoms with E-state index in [1.807, 2.05) is 47.9 Å². The average molecular weight is 347 g/mol. The van der Waals surface area contributed by atoms with Gasteiger partial charge in [-0.05, 0) is 32.0 Å². The SMILES string of the molecule is C/C=C\C=C(\C)Cc1cc(=O)nc2c3ccc(C(C)(C)C)nc3ccn12. The second-order valence-electron chi connectivity index (χ2n) is 7.69. The van der Waals surface area contributed by atoms with E-state index < -0.39 is 0 Å². The molecule has 3 aromatic rings. The third-order valence-corrected chi connectivity index (χ3v) is 4.39. The Morgan fingerprint density at radius 2 is 1.96 bits per heavy atom. The second kappa shape index (κ2) is 6.87. The molecule has 0 saturated heterocycles. The largest absolute Gasteiger partial charge is 0.304 e. The maximum absolute atomic E-state index is 12.2. The van der Waals surface area contributed by atoms with Gasteiger partial charge in [0.05, 0.1) is 5.52 Å². The van der Waals surface area contributed by atoms with E-state index in [2.05, 4.69) is 38.8 Å². The number of allylic oxidation sites excluding steroid dienone is 4. The number of nitrogens with zero attached hydrogens (tertiary/aromatic N) is 3. The Balaban J connectivity index is 2.21. The lowest BCUT2D eigenvalue weighted by Crippen LogP contribution is -2.15. The van der Waals surface area contributed by atoms with Crippen molar-refractivity contribution < 1.29 is 0 Å². The van der Waals surface area contributed by atoms with Crippen molar-refractivity contribution in [2.45, 2.75) is 46.5 Å². The van der Waals surface area contributed by atoms with Gasteiger partial charge in [-0.1, -0.05) is 44.6 Å². The Morgan fingerprint density at radius 1 is 1.19 bits per heavy atom. The Labute approximate surface area is 153 Å². The molecule has 3 aromatic heterocycles. The number of hydrogen-bond acceptors (Lipinski definition) is 3. The molecule has 0 aromatic carbocycles. The van der Waals surface area contributed by atoms with Gasteiger partial charge >= 0.3 is 0 Å². The molecule has 0 bridgehead atoms. The number of fused-ring (bicyclic) bond motifs is 3. The zero-order chi connectivity index (χ0) is 18.9. The van der Waals surface area contributed by atoms with Crippen LogP contribution < -0.4 is 5.56 Å². The van der Waals surface area contributed by atoms with Gasteiger partial charge < -0.3 is 4.40 Å². The standard InChI is InChI=1S/C22H25N3O/c1-6-7-8-15(2)13-16-14-20(26)24-21-17-9-10-19(22(3,4)5)23-18(17)11-12-25(16)21/h6-12,14H,13H2,1-5H3/b7-6-,15-8-. The molecular weight excluding hydrogens is 322 g/mol. The van der Waals surface area contributed by atoms with Gasteiger partial charge in [-0.15, -0.1) is 0 Å². The molecule has 134 valence electrons. The quantitative estimate of drug-likeness (QED) is 0.514. The first-order chi connectivity index (χ1) is 12.3. The van der Waals surface area contributed by atoms with Crippen molar-refractivity contribution in [1.82, 2.24) is 14.4 Å². The van der Waals surface area contributed by atoms with Gasteiger partial charge in [0.2, 0.25) is 0 Å². The van der Waals surface area contributed by atoms with E-state index in [0.717, 1.165) is 22.3 Å². The van der Waals surface area contributed by atoms with Crippen molar-refractivity contribution in [3.8, 4) is 0 Å². The van der Waals surface area contributed by atoms with Gasteiger partial charge in [0, 0.05) is 40.9 Å². The van der Waals surface area contributed by atoms with E-state index in [9.17, 15) is 4.79 Å². The van der Waals surface area contributed by atoms with Gasteiger partial charge in [-0.3, -0.25) is 9.78 Å². The highest BCUT2D eigenvalue weighted by atomic mass is 16.1. The molecule has 3 rings (SSSR count). The molecule has 0 spiro atoms. The smallest absolute Gasteiger partial charge is 0.273 e. The van der Waals surface area contributed by atoms with Crippen LogP contribution in [0.4, 0.5) is 0 Å². The summed E-state index contributed by atoms with van der Waals surface area (Å²) in [6.07, 6.45) is 8.72. The summed E-state index contributed by atoms with van der Waals surface area (Å²) in [7, 11) is 0. The van der Waals surface area contributed by atoms with Crippen LogP contribution in [-0.2, 0) is 11.8 Å². The topological polar surface area (TPSA) is 47.3 Å². The summed E-state index contributed by atoms with van der Waals surface area (Å²) in [6.45, 7) is 10.5. The van der Waals surface area contributed by atoms with E-state index >= 15 is 0 Å². The van der Waals surface area contributed by atoms with Crippen LogP contribution in [0, 0.1) is 0 Å². The fourth-order valence-corrected chi connectivity index (χ4v) is 2.99. The van der Waals surface area contributed by atoms with Crippen LogP contribution in [0.15, 0.2) is 59.1 Å². The molecule has 0 saturated carbocycles. The van der Waals surface area contributed by atoms with Gasteiger partial charge in [0.1, 0.15) is 0 Å². The van der Waals surface area contributed by atoms with Crippen molar-refractivity contribution in [3.05, 3.63) is 76.0 Å². The van der Waals surface area contributed by atoms with Gasteiger partial charge in [-0.25, -0.2) is 0 Å². The summed E-state index contributed by atoms with van der Waals surface area (Å²) >= 11 is 0. The molecule has 0 aliphatic carbocycles. The number of pyridine rings is 2. The van der Waals surface area contributed by atoms with Gasteiger partial charge in [0.15, 0.2) is 5.65 Å². The van der Waals surface area contributed by atoms with E-state index in [1.54, 1.807) is 6.07 Å². The molecule has 0 amide bonds. The Bertz CT molecular complexity index is 1080. The minimum Gasteiger partial charge on any atom is -0.304 e. The van der Waals surface area contributed by atoms with Crippen LogP contribution in [-0.4, -0.2) is 14.4 Å². The molecule has 4 nitrogen and oxygen atoms in total. The molecule has 3 heterocycles. The number of aromatic nitrogens is 3. The maximum Gasteiger partial charge on any atom is 0.273 e. The van der Waals surface area contributed by atoms with Crippen molar-refractivity contribution in [3.63, 3.8) is 0 Å². The second-order valence-corrected chi connectivity index (χ2v) is 7.69. The molecule has 26 heavy (non-hydrogen) atoms. The summed E-state index contributed by atoms with van der Waals surface area (Å²) in [5.74, 6) is 0. The minimum atomic E-state index is -0.216. The molecular formula is C22H25N3O. The Hall–Kier alpha value is -2.75. The summed E-state index contributed by atoms with van der Waals surface area (Å²) in [5.41, 5.74) is 4.43. The summed E-state index contributed by atoms with van der Waals surface area (Å²) in [5, 5.41) is 0.898. The van der Waals surface area contributed by atoms with Crippen LogP contribution in [0.2, 0.25) is 0 Å². The van der Waals surface area contributed by atoms with Crippen molar-refractivity contribution in [1.29, 1.82) is 0 Å². The van der Waals surface area contributed by atoms with Crippen LogP contribution >= 0.6 is 0 Å². The van der Waals surface area contributed by atoms with Crippen LogP contribution in [0.25, 0.3) is 16.6 Å². The van der Waals surface area contributed by atoms with Crippen LogP contribution in [0.5, 0.6) is 0 Å². The van der Waals surface area contributed by atoms with E-state index in [4.69, 9.17) is 4.98 Å². The van der Waals surface area contributed by atoms with Crippen LogP contribution in [0.1, 0.15) is 46.0 Å². The predicted octanol–water partition coefficient (Wildman–Crippen LogP) is 4.61. The van der Waals surface area contributed by atoms with Gasteiger partial charge in [0.25, 0.3) is 5.56 Å². The molecule has 0 unspecified atom stereocenters. The Kier molecular flexibility index (Phi) is 4.77. The average Bonchev–Trinajstić information content (AvgIpc) is 2.58. The molecule has 0 N–H and O–H groups in total. The molecule has 0 fully saturated rings. The lowest BCUT2D eigenvalue weighted by molar-refractivity contribution is 0.571. The van der Waals surface area contributed by atoms with E-state index in [1.165, 1.54) is 5.57 Å². The molecule has 0 atom stereocenters. The lowest BCUT2D eigenvalue weighted by Gasteiger charge is -2.18. The summed E-state index contributed by atoms with van der Waals surface area (Å²) < 4.78 is 2.00. The van der Waals surface area contributed by atoms with Crippen molar-refractivity contribution in [2.75, 3.05) is 0 Å². The van der Waals surface area contributed by atoms with Crippen molar-refractivity contribution in [2.24, 2.45) is 0 Å². The number of hydrogen-bond donors (Lipinski definition) is 0. The molecule has 0 radical (unpaired) electrons. The van der Waals surface area contributed by atoms with E-state index in [0.29, 0.717) is 12.1 Å². The first-order valence-electron chi connectivity index (χ1n) is 8.90. The van der Waals surface area contributed by atoms with E-state index in [-0.39, 0.29) is 11.0 Å². The maximum atomic E-state index is 12.2. The third-order valence-electron chi connectivity index (χ3n) is 4.39. The first-order valence-corrected chi connectivity index (χ1v) is 8.90. The zero-order valence-electron chi connectivity index (χ0n) is 16.1. The highest BCUT2D eigenvalue weighted by Crippen LogP contribution is 2.24. The fraction of sp³-hybridized carbons (Fsp3) is 0.318. The zero-order valence-corrected chi connectivity index (χ0v) is 16.1. The predicted molar refractivity (Wildman–Crippen MR) is 108 cm³/mol. The summed E-state index contributed by atoms with van der Waals surface area (Å²) in [6, 6.07) is 7.66. The summed E-state index contributed by atoms with van der Waals surface area (Å²) in [4.78, 5) is 21.2. The monoisotopic (exact) mass is 347 g/mol. The van der Waals surface area contributed by atoms with Crippen molar-refractivity contribution >= 4 is 16.6 Å². The number of rotatable bonds is 3. The normalized spacial score (nSPS) is 13.2. The fourth-order valence-electron chi connectivity index (χ4n) is 2.99. The minimum absolute atomic E-state index is 0.0238. The third kappa shape index (κ3) is 3.59. The molecule has 0 aliphatic rings. The molecule has 4 heteroatoms. The van der Waals surface area contributed by atoms with Crippen LogP contribution in [0.3, 0.4) is 0 Å². The first kappa shape index (κ1) is 18.1.